The van der Waals surface area contributed by atoms with Gasteiger partial charge < -0.3 is 10.1 Å². The van der Waals surface area contributed by atoms with Gasteiger partial charge in [0.1, 0.15) is 0 Å². The predicted molar refractivity (Wildman–Crippen MR) is 62.2 cm³/mol. The number of carbonyl (C=O) groups excluding carboxylic acids is 2. The van der Waals surface area contributed by atoms with Crippen LogP contribution in [0.3, 0.4) is 0 Å². The Morgan fingerprint density at radius 2 is 1.73 bits per heavy atom. The summed E-state index contributed by atoms with van der Waals surface area (Å²) >= 11 is 3.13. The van der Waals surface area contributed by atoms with Gasteiger partial charge in [-0.1, -0.05) is 29.8 Å². The second-order valence-electron chi connectivity index (χ2n) is 4.42. The summed E-state index contributed by atoms with van der Waals surface area (Å²) < 4.78 is 4.52. The number of nitrogens with one attached hydrogen (secondary N) is 1. The van der Waals surface area contributed by atoms with Crippen molar-refractivity contribution in [1.82, 2.24) is 5.32 Å². The van der Waals surface area contributed by atoms with Crippen LogP contribution in [0, 0.1) is 5.41 Å². The molecule has 0 aromatic carbocycles. The molecular formula is C10H18BrNO3. The lowest BCUT2D eigenvalue weighted by molar-refractivity contribution is -0.127. The molecule has 0 saturated heterocycles. The second kappa shape index (κ2) is 4.96. The summed E-state index contributed by atoms with van der Waals surface area (Å²) in [6.07, 6.45) is -0.532. The summed E-state index contributed by atoms with van der Waals surface area (Å²) in [4.78, 5) is 22.8. The van der Waals surface area contributed by atoms with Crippen molar-refractivity contribution in [3.05, 3.63) is 0 Å². The van der Waals surface area contributed by atoms with Crippen molar-refractivity contribution >= 4 is 27.8 Å². The average molecular weight is 280 g/mol. The van der Waals surface area contributed by atoms with Gasteiger partial charge in [-0.25, -0.2) is 4.79 Å². The van der Waals surface area contributed by atoms with E-state index in [0.29, 0.717) is 0 Å². The minimum Gasteiger partial charge on any atom is -0.453 e. The van der Waals surface area contributed by atoms with Crippen molar-refractivity contribution in [2.75, 3.05) is 12.4 Å². The summed E-state index contributed by atoms with van der Waals surface area (Å²) in [5, 5.41) is 2.93. The third-order valence-electron chi connectivity index (χ3n) is 2.98. The molecule has 0 rings (SSSR count). The van der Waals surface area contributed by atoms with Gasteiger partial charge in [-0.05, 0) is 13.8 Å². The molecule has 0 aliphatic rings. The summed E-state index contributed by atoms with van der Waals surface area (Å²) in [6.45, 7) is 7.19. The molecule has 0 unspecified atom stereocenters. The summed E-state index contributed by atoms with van der Waals surface area (Å²) in [7, 11) is 1.30. The van der Waals surface area contributed by atoms with Crippen LogP contribution in [0.2, 0.25) is 0 Å². The van der Waals surface area contributed by atoms with Crippen LogP contribution in [0.5, 0.6) is 0 Å². The minimum atomic E-state index is -0.662. The van der Waals surface area contributed by atoms with Gasteiger partial charge in [0, 0.05) is 11.0 Å². The smallest absolute Gasteiger partial charge is 0.407 e. The van der Waals surface area contributed by atoms with E-state index in [2.05, 4.69) is 26.0 Å². The average Bonchev–Trinajstić information content (AvgIpc) is 2.15. The van der Waals surface area contributed by atoms with Gasteiger partial charge in [-0.3, -0.25) is 4.79 Å². The van der Waals surface area contributed by atoms with E-state index in [1.165, 1.54) is 7.11 Å². The molecule has 1 amide bonds. The number of ketones is 1. The molecule has 15 heavy (non-hydrogen) atoms. The Hall–Kier alpha value is -0.580. The molecule has 0 bridgehead atoms. The summed E-state index contributed by atoms with van der Waals surface area (Å²) in [6, 6.07) is 0. The van der Waals surface area contributed by atoms with Crippen molar-refractivity contribution in [2.45, 2.75) is 33.2 Å². The van der Waals surface area contributed by atoms with E-state index < -0.39 is 17.0 Å². The molecular weight excluding hydrogens is 262 g/mol. The van der Waals surface area contributed by atoms with Gasteiger partial charge in [-0.2, -0.15) is 0 Å². The molecule has 0 spiro atoms. The van der Waals surface area contributed by atoms with Crippen molar-refractivity contribution in [1.29, 1.82) is 0 Å². The molecule has 1 N–H and O–H groups in total. The number of hydrogen-bond donors (Lipinski definition) is 1. The maximum absolute atomic E-state index is 11.7. The number of ether oxygens (including phenoxy) is 1. The van der Waals surface area contributed by atoms with Crippen LogP contribution >= 0.6 is 15.9 Å². The lowest BCUT2D eigenvalue weighted by Crippen LogP contribution is -2.57. The van der Waals surface area contributed by atoms with E-state index in [1.54, 1.807) is 27.7 Å². The van der Waals surface area contributed by atoms with Crippen molar-refractivity contribution < 1.29 is 14.3 Å². The van der Waals surface area contributed by atoms with E-state index in [-0.39, 0.29) is 11.1 Å². The third kappa shape index (κ3) is 3.19. The van der Waals surface area contributed by atoms with E-state index in [9.17, 15) is 9.59 Å². The van der Waals surface area contributed by atoms with E-state index in [1.807, 2.05) is 0 Å². The van der Waals surface area contributed by atoms with Gasteiger partial charge in [0.2, 0.25) is 0 Å². The fourth-order valence-electron chi connectivity index (χ4n) is 0.978. The predicted octanol–water partition coefficient (Wildman–Crippen LogP) is 2.11. The number of carbonyl (C=O) groups is 2. The van der Waals surface area contributed by atoms with E-state index in [0.717, 1.165) is 0 Å². The number of alkyl halides is 1. The Labute approximate surface area is 98.9 Å². The molecule has 0 fully saturated rings. The monoisotopic (exact) mass is 279 g/mol. The maximum atomic E-state index is 11.7. The van der Waals surface area contributed by atoms with Gasteiger partial charge in [0.05, 0.1) is 12.4 Å². The highest BCUT2D eigenvalue weighted by molar-refractivity contribution is 9.09. The van der Waals surface area contributed by atoms with Gasteiger partial charge in [0.25, 0.3) is 0 Å². The zero-order valence-corrected chi connectivity index (χ0v) is 11.4. The number of hydrogen-bond acceptors (Lipinski definition) is 3. The molecule has 0 atom stereocenters. The normalized spacial score (nSPS) is 12.1. The van der Waals surface area contributed by atoms with Crippen LogP contribution in [0.4, 0.5) is 4.79 Å². The largest absolute Gasteiger partial charge is 0.453 e. The first-order valence-electron chi connectivity index (χ1n) is 4.64. The first-order valence-corrected chi connectivity index (χ1v) is 5.76. The van der Waals surface area contributed by atoms with Gasteiger partial charge in [-0.15, -0.1) is 0 Å². The number of rotatable bonds is 4. The number of methoxy groups -OCH3 is 1. The number of alkyl carbamates (subject to hydrolysis) is 1. The van der Waals surface area contributed by atoms with Crippen LogP contribution in [0.1, 0.15) is 27.7 Å². The molecule has 0 aliphatic heterocycles. The molecule has 0 saturated carbocycles. The van der Waals surface area contributed by atoms with Crippen LogP contribution in [-0.2, 0) is 9.53 Å². The Kier molecular flexibility index (Phi) is 4.77. The molecule has 0 heterocycles. The zero-order chi connectivity index (χ0) is 12.3. The van der Waals surface area contributed by atoms with E-state index in [4.69, 9.17) is 0 Å². The Balaban J connectivity index is 4.84. The highest BCUT2D eigenvalue weighted by Gasteiger charge is 2.43. The van der Waals surface area contributed by atoms with Crippen molar-refractivity contribution in [2.24, 2.45) is 5.41 Å². The van der Waals surface area contributed by atoms with E-state index >= 15 is 0 Å². The standard InChI is InChI=1S/C10H18BrNO3/c1-9(2,7(13)6-11)10(3,4)12-8(14)15-5/h6H2,1-5H3,(H,12,14). The molecule has 0 aliphatic carbocycles. The minimum absolute atomic E-state index is 0.0314. The highest BCUT2D eigenvalue weighted by atomic mass is 79.9. The SMILES string of the molecule is COC(=O)NC(C)(C)C(C)(C)C(=O)CBr. The molecule has 0 aromatic heterocycles. The van der Waals surface area contributed by atoms with Crippen LogP contribution in [0.15, 0.2) is 0 Å². The van der Waals surface area contributed by atoms with Gasteiger partial charge >= 0.3 is 6.09 Å². The zero-order valence-electron chi connectivity index (χ0n) is 9.81. The summed E-state index contributed by atoms with van der Waals surface area (Å²) in [5.41, 5.74) is -1.32. The number of Topliss-reactive ketones (excluding diaryl/α,β-unsaturated/α-hetero) is 1. The fourth-order valence-corrected chi connectivity index (χ4v) is 1.68. The number of halogens is 1. The fraction of sp³-hybridized carbons (Fsp3) is 0.800. The van der Waals surface area contributed by atoms with Gasteiger partial charge in [0.15, 0.2) is 5.78 Å². The quantitative estimate of drug-likeness (QED) is 0.802. The maximum Gasteiger partial charge on any atom is 0.407 e. The van der Waals surface area contributed by atoms with Crippen LogP contribution < -0.4 is 5.32 Å². The highest BCUT2D eigenvalue weighted by Crippen LogP contribution is 2.32. The Bertz CT molecular complexity index is 261. The first kappa shape index (κ1) is 14.4. The molecule has 5 heteroatoms. The van der Waals surface area contributed by atoms with Crippen molar-refractivity contribution in [3.63, 3.8) is 0 Å². The number of amides is 1. The second-order valence-corrected chi connectivity index (χ2v) is 4.98. The molecule has 4 nitrogen and oxygen atoms in total. The topological polar surface area (TPSA) is 55.4 Å². The Morgan fingerprint density at radius 3 is 2.07 bits per heavy atom. The molecule has 0 aromatic rings. The van der Waals surface area contributed by atoms with Crippen LogP contribution in [0.25, 0.3) is 0 Å². The third-order valence-corrected chi connectivity index (χ3v) is 3.49. The first-order chi connectivity index (χ1) is 6.69. The Morgan fingerprint density at radius 1 is 1.27 bits per heavy atom. The van der Waals surface area contributed by atoms with Crippen molar-refractivity contribution in [3.8, 4) is 0 Å². The summed E-state index contributed by atoms with van der Waals surface area (Å²) in [5.74, 6) is 0.0314. The molecule has 0 radical (unpaired) electrons. The lowest BCUT2D eigenvalue weighted by atomic mass is 9.72. The lowest BCUT2D eigenvalue weighted by Gasteiger charge is -2.40. The molecule has 88 valence electrons. The van der Waals surface area contributed by atoms with Crippen LogP contribution in [-0.4, -0.2) is 29.9 Å².